The Bertz CT molecular complexity index is 859. The van der Waals surface area contributed by atoms with Crippen molar-refractivity contribution in [3.63, 3.8) is 0 Å². The molecule has 2 aromatic rings. The number of anilines is 1. The summed E-state index contributed by atoms with van der Waals surface area (Å²) in [5, 5.41) is 9.16. The number of rotatable bonds is 7. The summed E-state index contributed by atoms with van der Waals surface area (Å²) in [6, 6.07) is 11.9. The van der Waals surface area contributed by atoms with Crippen LogP contribution in [0.5, 0.6) is 5.75 Å². The van der Waals surface area contributed by atoms with Crippen molar-refractivity contribution in [3.05, 3.63) is 57.6 Å². The summed E-state index contributed by atoms with van der Waals surface area (Å²) in [6.45, 7) is 4.81. The Labute approximate surface area is 198 Å². The molecule has 0 heterocycles. The number of nitrogens with one attached hydrogen (secondary N) is 3. The second-order valence-electron chi connectivity index (χ2n) is 6.43. The largest absolute Gasteiger partial charge is 0.496 e. The van der Waals surface area contributed by atoms with Gasteiger partial charge in [-0.15, -0.1) is 24.0 Å². The van der Waals surface area contributed by atoms with Gasteiger partial charge in [-0.3, -0.25) is 9.79 Å². The number of aliphatic imine (C=N–C) groups is 1. The molecule has 0 saturated heterocycles. The van der Waals surface area contributed by atoms with Crippen LogP contribution < -0.4 is 20.7 Å². The smallest absolute Gasteiger partial charge is 0.243 e. The van der Waals surface area contributed by atoms with Gasteiger partial charge in [0.25, 0.3) is 0 Å². The molecular weight excluding hydrogens is 547 g/mol. The minimum absolute atomic E-state index is 0. The fourth-order valence-corrected chi connectivity index (χ4v) is 3.09. The highest BCUT2D eigenvalue weighted by Gasteiger charge is 2.08. The van der Waals surface area contributed by atoms with Gasteiger partial charge < -0.3 is 20.7 Å². The zero-order valence-corrected chi connectivity index (χ0v) is 21.1. The molecule has 0 saturated carbocycles. The lowest BCUT2D eigenvalue weighted by atomic mass is 10.1. The number of guanidine groups is 1. The monoisotopic (exact) mass is 574 g/mol. The normalized spacial score (nSPS) is 10.7. The van der Waals surface area contributed by atoms with Crippen LogP contribution in [-0.4, -0.2) is 39.1 Å². The number of aryl methyl sites for hydroxylation is 2. The summed E-state index contributed by atoms with van der Waals surface area (Å²) >= 11 is 3.42. The molecule has 2 aromatic carbocycles. The van der Waals surface area contributed by atoms with Crippen molar-refractivity contribution in [1.82, 2.24) is 10.6 Å². The summed E-state index contributed by atoms with van der Waals surface area (Å²) in [4.78, 5) is 16.4. The second-order valence-corrected chi connectivity index (χ2v) is 7.34. The number of nitrogens with zero attached hydrogens (tertiary/aromatic N) is 1. The number of halogens is 2. The van der Waals surface area contributed by atoms with Crippen LogP contribution in [0.4, 0.5) is 5.69 Å². The maximum Gasteiger partial charge on any atom is 0.243 e. The molecule has 0 aromatic heterocycles. The molecular formula is C21H28BrIN4O2. The third-order valence-corrected chi connectivity index (χ3v) is 4.73. The minimum Gasteiger partial charge on any atom is -0.496 e. The molecule has 8 heteroatoms. The average molecular weight is 575 g/mol. The van der Waals surface area contributed by atoms with E-state index in [0.29, 0.717) is 12.5 Å². The van der Waals surface area contributed by atoms with E-state index in [1.807, 2.05) is 37.3 Å². The highest BCUT2D eigenvalue weighted by molar-refractivity contribution is 14.0. The Morgan fingerprint density at radius 1 is 1.14 bits per heavy atom. The lowest BCUT2D eigenvalue weighted by Crippen LogP contribution is -2.42. The van der Waals surface area contributed by atoms with Gasteiger partial charge in [-0.2, -0.15) is 0 Å². The molecule has 6 nitrogen and oxygen atoms in total. The average Bonchev–Trinajstić information content (AvgIpc) is 2.67. The molecule has 0 aliphatic rings. The van der Waals surface area contributed by atoms with Crippen molar-refractivity contribution in [2.45, 2.75) is 20.3 Å². The maximum atomic E-state index is 12.2. The number of hydrogen-bond acceptors (Lipinski definition) is 3. The van der Waals surface area contributed by atoms with Crippen molar-refractivity contribution in [2.24, 2.45) is 4.99 Å². The molecule has 0 radical (unpaired) electrons. The Morgan fingerprint density at radius 3 is 2.59 bits per heavy atom. The van der Waals surface area contributed by atoms with Gasteiger partial charge in [0.1, 0.15) is 5.75 Å². The predicted octanol–water partition coefficient (Wildman–Crippen LogP) is 4.04. The SMILES string of the molecule is CN=C(NCCc1cc(C)ccc1OC)NCC(=O)Nc1cc(Br)ccc1C.I. The van der Waals surface area contributed by atoms with Crippen LogP contribution >= 0.6 is 39.9 Å². The number of ether oxygens (including phenoxy) is 1. The van der Waals surface area contributed by atoms with Crippen LogP contribution in [-0.2, 0) is 11.2 Å². The molecule has 0 bridgehead atoms. The van der Waals surface area contributed by atoms with E-state index in [1.54, 1.807) is 14.2 Å². The quantitative estimate of drug-likeness (QED) is 0.265. The van der Waals surface area contributed by atoms with Crippen LogP contribution in [0, 0.1) is 13.8 Å². The van der Waals surface area contributed by atoms with Gasteiger partial charge in [0.15, 0.2) is 5.96 Å². The van der Waals surface area contributed by atoms with E-state index >= 15 is 0 Å². The van der Waals surface area contributed by atoms with Gasteiger partial charge in [0.2, 0.25) is 5.91 Å². The highest BCUT2D eigenvalue weighted by Crippen LogP contribution is 2.21. The summed E-state index contributed by atoms with van der Waals surface area (Å²) in [7, 11) is 3.35. The van der Waals surface area contributed by atoms with E-state index in [-0.39, 0.29) is 36.4 Å². The molecule has 2 rings (SSSR count). The molecule has 29 heavy (non-hydrogen) atoms. The standard InChI is InChI=1S/C21H27BrN4O2.HI/c1-14-5-8-19(28-4)16(11-14)9-10-24-21(23-3)25-13-20(27)26-18-12-17(22)7-6-15(18)2;/h5-8,11-12H,9-10,13H2,1-4H3,(H,26,27)(H2,23,24,25);1H. The van der Waals surface area contributed by atoms with Crippen molar-refractivity contribution < 1.29 is 9.53 Å². The number of hydrogen-bond donors (Lipinski definition) is 3. The van der Waals surface area contributed by atoms with Gasteiger partial charge in [-0.05, 0) is 49.6 Å². The van der Waals surface area contributed by atoms with E-state index in [0.717, 1.165) is 33.5 Å². The zero-order valence-electron chi connectivity index (χ0n) is 17.1. The molecule has 0 atom stereocenters. The van der Waals surface area contributed by atoms with Crippen molar-refractivity contribution >= 4 is 57.5 Å². The molecule has 0 aliphatic heterocycles. The summed E-state index contributed by atoms with van der Waals surface area (Å²) < 4.78 is 6.33. The van der Waals surface area contributed by atoms with Crippen molar-refractivity contribution in [2.75, 3.05) is 32.6 Å². The topological polar surface area (TPSA) is 74.8 Å². The Hall–Kier alpha value is -1.81. The van der Waals surface area contributed by atoms with Crippen LogP contribution in [0.25, 0.3) is 0 Å². The molecule has 3 N–H and O–H groups in total. The minimum atomic E-state index is -0.135. The molecule has 0 spiro atoms. The first kappa shape index (κ1) is 25.2. The molecule has 0 aliphatic carbocycles. The number of carbonyl (C=O) groups excluding carboxylic acids is 1. The highest BCUT2D eigenvalue weighted by atomic mass is 127. The number of methoxy groups -OCH3 is 1. The van der Waals surface area contributed by atoms with E-state index in [4.69, 9.17) is 4.74 Å². The number of amides is 1. The molecule has 0 fully saturated rings. The fourth-order valence-electron chi connectivity index (χ4n) is 2.73. The lowest BCUT2D eigenvalue weighted by molar-refractivity contribution is -0.115. The van der Waals surface area contributed by atoms with Crippen molar-refractivity contribution in [1.29, 1.82) is 0 Å². The van der Waals surface area contributed by atoms with Gasteiger partial charge in [-0.25, -0.2) is 0 Å². The second kappa shape index (κ2) is 12.7. The van der Waals surface area contributed by atoms with E-state index in [1.165, 1.54) is 5.56 Å². The molecule has 0 unspecified atom stereocenters. The molecule has 158 valence electrons. The van der Waals surface area contributed by atoms with Crippen LogP contribution in [0.3, 0.4) is 0 Å². The first-order valence-corrected chi connectivity index (χ1v) is 9.86. The first-order valence-electron chi connectivity index (χ1n) is 9.07. The van der Waals surface area contributed by atoms with Crippen LogP contribution in [0.2, 0.25) is 0 Å². The summed E-state index contributed by atoms with van der Waals surface area (Å²) in [5.74, 6) is 1.32. The van der Waals surface area contributed by atoms with Crippen LogP contribution in [0.15, 0.2) is 45.9 Å². The third-order valence-electron chi connectivity index (χ3n) is 4.24. The maximum absolute atomic E-state index is 12.2. The third kappa shape index (κ3) is 8.22. The van der Waals surface area contributed by atoms with Crippen molar-refractivity contribution in [3.8, 4) is 5.75 Å². The Morgan fingerprint density at radius 2 is 1.90 bits per heavy atom. The lowest BCUT2D eigenvalue weighted by Gasteiger charge is -2.14. The van der Waals surface area contributed by atoms with Gasteiger partial charge in [0.05, 0.1) is 13.7 Å². The van der Waals surface area contributed by atoms with Gasteiger partial charge in [-0.1, -0.05) is 39.7 Å². The fraction of sp³-hybridized carbons (Fsp3) is 0.333. The number of benzene rings is 2. The molecule has 1 amide bonds. The number of carbonyl (C=O) groups is 1. The van der Waals surface area contributed by atoms with E-state index < -0.39 is 0 Å². The first-order chi connectivity index (χ1) is 13.4. The van der Waals surface area contributed by atoms with Gasteiger partial charge >= 0.3 is 0 Å². The predicted molar refractivity (Wildman–Crippen MR) is 134 cm³/mol. The van der Waals surface area contributed by atoms with E-state index in [9.17, 15) is 4.79 Å². The van der Waals surface area contributed by atoms with Crippen LogP contribution in [0.1, 0.15) is 16.7 Å². The van der Waals surface area contributed by atoms with Gasteiger partial charge in [0, 0.05) is 23.8 Å². The summed E-state index contributed by atoms with van der Waals surface area (Å²) in [5.41, 5.74) is 4.12. The zero-order chi connectivity index (χ0) is 20.5. The Kier molecular flexibility index (Phi) is 11.0. The Balaban J connectivity index is 0.00000420. The summed E-state index contributed by atoms with van der Waals surface area (Å²) in [6.07, 6.45) is 0.787. The van der Waals surface area contributed by atoms with E-state index in [2.05, 4.69) is 49.9 Å².